The molecule has 32 heavy (non-hydrogen) atoms. The lowest BCUT2D eigenvalue weighted by Crippen LogP contribution is -2.48. The Morgan fingerprint density at radius 1 is 0.969 bits per heavy atom. The molecular weight excluding hydrogens is 428 g/mol. The molecule has 0 unspecified atom stereocenters. The maximum atomic E-state index is 12.4. The number of hydrogen-bond acceptors (Lipinski definition) is 5. The van der Waals surface area contributed by atoms with Gasteiger partial charge in [-0.2, -0.15) is 0 Å². The van der Waals surface area contributed by atoms with Gasteiger partial charge in [-0.25, -0.2) is 0 Å². The number of ether oxygens (including phenoxy) is 1. The van der Waals surface area contributed by atoms with Crippen molar-refractivity contribution in [3.8, 4) is 5.75 Å². The fourth-order valence-corrected chi connectivity index (χ4v) is 2.63. The molecule has 2 aromatic rings. The van der Waals surface area contributed by atoms with Crippen molar-refractivity contribution in [2.45, 2.75) is 33.6 Å². The summed E-state index contributed by atoms with van der Waals surface area (Å²) in [6.45, 7) is 6.55. The molecule has 8 nitrogen and oxygen atoms in total. The van der Waals surface area contributed by atoms with Gasteiger partial charge in [-0.3, -0.25) is 30.6 Å². The van der Waals surface area contributed by atoms with Gasteiger partial charge in [0.1, 0.15) is 5.75 Å². The summed E-state index contributed by atoms with van der Waals surface area (Å²) in [6.07, 6.45) is 1.28. The van der Waals surface area contributed by atoms with E-state index in [0.717, 1.165) is 6.42 Å². The van der Waals surface area contributed by atoms with Gasteiger partial charge < -0.3 is 10.1 Å². The highest BCUT2D eigenvalue weighted by Crippen LogP contribution is 2.14. The summed E-state index contributed by atoms with van der Waals surface area (Å²) in [4.78, 5) is 36.1. The maximum Gasteiger partial charge on any atom is 0.269 e. The lowest BCUT2D eigenvalue weighted by molar-refractivity contribution is -0.115. The molecule has 0 bridgehead atoms. The van der Waals surface area contributed by atoms with Crippen molar-refractivity contribution in [3.63, 3.8) is 0 Å². The molecule has 2 rings (SSSR count). The Balaban J connectivity index is 1.82. The number of carbonyl (C=O) groups excluding carboxylic acids is 3. The minimum Gasteiger partial charge on any atom is -0.494 e. The Labute approximate surface area is 193 Å². The van der Waals surface area contributed by atoms with E-state index in [0.29, 0.717) is 41.5 Å². The number of rotatable bonds is 8. The Morgan fingerprint density at radius 3 is 2.34 bits per heavy atom. The Morgan fingerprint density at radius 2 is 1.69 bits per heavy atom. The van der Waals surface area contributed by atoms with E-state index in [4.69, 9.17) is 17.0 Å². The average molecular weight is 457 g/mol. The molecule has 4 N–H and O–H groups in total. The van der Waals surface area contributed by atoms with Crippen molar-refractivity contribution in [2.75, 3.05) is 11.9 Å². The molecule has 170 valence electrons. The van der Waals surface area contributed by atoms with Crippen molar-refractivity contribution in [3.05, 3.63) is 59.7 Å². The first-order valence-electron chi connectivity index (χ1n) is 10.3. The number of hydrazine groups is 1. The smallest absolute Gasteiger partial charge is 0.269 e. The van der Waals surface area contributed by atoms with Gasteiger partial charge in [0, 0.05) is 23.2 Å². The van der Waals surface area contributed by atoms with Crippen molar-refractivity contribution < 1.29 is 19.1 Å². The molecule has 9 heteroatoms. The monoisotopic (exact) mass is 456 g/mol. The van der Waals surface area contributed by atoms with Gasteiger partial charge in [-0.05, 0) is 67.0 Å². The zero-order valence-electron chi connectivity index (χ0n) is 18.4. The van der Waals surface area contributed by atoms with Crippen LogP contribution in [0.3, 0.4) is 0 Å². The van der Waals surface area contributed by atoms with Gasteiger partial charge in [0.25, 0.3) is 11.8 Å². The van der Waals surface area contributed by atoms with Gasteiger partial charge in [0.2, 0.25) is 5.91 Å². The number of hydrogen-bond donors (Lipinski definition) is 4. The molecular formula is C23H28N4O4S. The fraction of sp³-hybridized carbons (Fsp3) is 0.304. The molecule has 0 radical (unpaired) electrons. The first-order valence-corrected chi connectivity index (χ1v) is 10.7. The van der Waals surface area contributed by atoms with Crippen LogP contribution in [0.1, 0.15) is 54.3 Å². The van der Waals surface area contributed by atoms with E-state index in [1.165, 1.54) is 0 Å². The number of anilines is 1. The summed E-state index contributed by atoms with van der Waals surface area (Å²) in [7, 11) is 0. The van der Waals surface area contributed by atoms with E-state index in [-0.39, 0.29) is 11.0 Å². The van der Waals surface area contributed by atoms with Crippen molar-refractivity contribution in [1.29, 1.82) is 0 Å². The van der Waals surface area contributed by atoms with E-state index < -0.39 is 11.8 Å². The first kappa shape index (κ1) is 24.8. The van der Waals surface area contributed by atoms with Crippen LogP contribution < -0.4 is 26.2 Å². The summed E-state index contributed by atoms with van der Waals surface area (Å²) in [5.74, 6) is 0.138. The second-order valence-electron chi connectivity index (χ2n) is 7.40. The van der Waals surface area contributed by atoms with Crippen LogP contribution in [0.25, 0.3) is 0 Å². The molecule has 0 spiro atoms. The summed E-state index contributed by atoms with van der Waals surface area (Å²) in [5, 5.41) is 5.15. The zero-order chi connectivity index (χ0) is 23.5. The Hall–Kier alpha value is -3.46. The standard InChI is InChI=1S/C23H28N4O4S/c1-4-20(28)24-18-10-8-16(9-11-18)22(30)26-27-23(32)25-21(29)17-6-5-7-19(14-17)31-13-12-15(2)3/h5-11,14-15H,4,12-13H2,1-3H3,(H,24,28)(H,26,30)(H2,25,27,29,32). The highest BCUT2D eigenvalue weighted by molar-refractivity contribution is 7.80. The van der Waals surface area contributed by atoms with E-state index in [2.05, 4.69) is 35.3 Å². The topological polar surface area (TPSA) is 109 Å². The Kier molecular flexibility index (Phi) is 9.62. The number of nitrogens with one attached hydrogen (secondary N) is 4. The predicted molar refractivity (Wildman–Crippen MR) is 127 cm³/mol. The molecule has 0 aromatic heterocycles. The molecule has 0 heterocycles. The first-order chi connectivity index (χ1) is 15.3. The van der Waals surface area contributed by atoms with E-state index in [1.54, 1.807) is 55.5 Å². The maximum absolute atomic E-state index is 12.4. The zero-order valence-corrected chi connectivity index (χ0v) is 19.2. The molecule has 0 aliphatic carbocycles. The minimum absolute atomic E-state index is 0.0543. The van der Waals surface area contributed by atoms with Gasteiger partial charge in [0.15, 0.2) is 5.11 Å². The minimum atomic E-state index is -0.449. The molecule has 3 amide bonds. The molecule has 0 saturated heterocycles. The van der Waals surface area contributed by atoms with Crippen LogP contribution in [0.5, 0.6) is 5.75 Å². The fourth-order valence-electron chi connectivity index (χ4n) is 2.49. The van der Waals surface area contributed by atoms with Crippen LogP contribution in [0, 0.1) is 5.92 Å². The third-order valence-electron chi connectivity index (χ3n) is 4.33. The van der Waals surface area contributed by atoms with Crippen LogP contribution >= 0.6 is 12.2 Å². The molecule has 0 aliphatic heterocycles. The summed E-state index contributed by atoms with van der Waals surface area (Å²) in [6, 6.07) is 13.2. The molecule has 0 aliphatic rings. The molecule has 0 fully saturated rings. The van der Waals surface area contributed by atoms with Crippen LogP contribution in [0.15, 0.2) is 48.5 Å². The third kappa shape index (κ3) is 8.35. The highest BCUT2D eigenvalue weighted by Gasteiger charge is 2.11. The second kappa shape index (κ2) is 12.4. The highest BCUT2D eigenvalue weighted by atomic mass is 32.1. The molecule has 2 aromatic carbocycles. The number of amides is 3. The van der Waals surface area contributed by atoms with Crippen molar-refractivity contribution in [1.82, 2.24) is 16.2 Å². The third-order valence-corrected chi connectivity index (χ3v) is 4.53. The number of benzene rings is 2. The predicted octanol–water partition coefficient (Wildman–Crippen LogP) is 3.41. The van der Waals surface area contributed by atoms with E-state index in [1.807, 2.05) is 0 Å². The van der Waals surface area contributed by atoms with Crippen LogP contribution in [-0.4, -0.2) is 29.4 Å². The summed E-state index contributed by atoms with van der Waals surface area (Å²) < 4.78 is 5.67. The lowest BCUT2D eigenvalue weighted by atomic mass is 10.1. The largest absolute Gasteiger partial charge is 0.494 e. The van der Waals surface area contributed by atoms with Crippen molar-refractivity contribution in [2.24, 2.45) is 5.92 Å². The van der Waals surface area contributed by atoms with Crippen LogP contribution in [0.2, 0.25) is 0 Å². The Bertz CT molecular complexity index is 961. The van der Waals surface area contributed by atoms with Gasteiger partial charge >= 0.3 is 0 Å². The van der Waals surface area contributed by atoms with E-state index in [9.17, 15) is 14.4 Å². The second-order valence-corrected chi connectivity index (χ2v) is 7.81. The summed E-state index contributed by atoms with van der Waals surface area (Å²) >= 11 is 5.08. The van der Waals surface area contributed by atoms with Gasteiger partial charge in [0.05, 0.1) is 6.61 Å². The van der Waals surface area contributed by atoms with Crippen LogP contribution in [0.4, 0.5) is 5.69 Å². The number of thiocarbonyl (C=S) groups is 1. The molecule has 0 atom stereocenters. The SMILES string of the molecule is CCC(=O)Nc1ccc(C(=O)NNC(=S)NC(=O)c2cccc(OCCC(C)C)c2)cc1. The van der Waals surface area contributed by atoms with E-state index >= 15 is 0 Å². The average Bonchev–Trinajstić information content (AvgIpc) is 2.77. The van der Waals surface area contributed by atoms with Crippen LogP contribution in [-0.2, 0) is 4.79 Å². The normalized spacial score (nSPS) is 10.2. The van der Waals surface area contributed by atoms with Gasteiger partial charge in [-0.1, -0.05) is 26.8 Å². The quantitative estimate of drug-likeness (QED) is 0.358. The summed E-state index contributed by atoms with van der Waals surface area (Å²) in [5.41, 5.74) is 6.25. The number of carbonyl (C=O) groups is 3. The van der Waals surface area contributed by atoms with Gasteiger partial charge in [-0.15, -0.1) is 0 Å². The van der Waals surface area contributed by atoms with Crippen molar-refractivity contribution >= 4 is 40.7 Å². The molecule has 0 saturated carbocycles. The lowest BCUT2D eigenvalue weighted by Gasteiger charge is -2.12.